The Morgan fingerprint density at radius 3 is 1.62 bits per heavy atom. The molecule has 0 unspecified atom stereocenters. The molecule has 4 aromatic rings. The Morgan fingerprint density at radius 1 is 0.725 bits per heavy atom. The van der Waals surface area contributed by atoms with Gasteiger partial charge in [-0.3, -0.25) is 0 Å². The third-order valence-corrected chi connectivity index (χ3v) is 9.10. The maximum absolute atomic E-state index is 11.2. The number of halogens is 7. The van der Waals surface area contributed by atoms with Gasteiger partial charge in [-0.2, -0.15) is 0 Å². The van der Waals surface area contributed by atoms with Crippen molar-refractivity contribution in [1.29, 1.82) is 0 Å². The summed E-state index contributed by atoms with van der Waals surface area (Å²) in [6, 6.07) is 25.3. The highest BCUT2D eigenvalue weighted by atomic mass is 128. The number of carboxylic acids is 2. The van der Waals surface area contributed by atoms with E-state index in [1.54, 1.807) is 30.3 Å². The number of hydrogen-bond donors (Lipinski definition) is 4. The van der Waals surface area contributed by atoms with Crippen LogP contribution >= 0.6 is 122 Å². The van der Waals surface area contributed by atoms with Crippen molar-refractivity contribution in [1.82, 2.24) is 0 Å². The van der Waals surface area contributed by atoms with E-state index in [-0.39, 0.29) is 5.56 Å². The molecule has 40 heavy (non-hydrogen) atoms. The number of aromatic carboxylic acids is 2. The van der Waals surface area contributed by atoms with E-state index < -0.39 is 11.9 Å². The second kappa shape index (κ2) is 20.3. The molecule has 0 aliphatic heterocycles. The van der Waals surface area contributed by atoms with Gasteiger partial charge in [0.2, 0.25) is 0 Å². The van der Waals surface area contributed by atoms with Crippen LogP contribution in [-0.2, 0) is 0 Å². The predicted octanol–water partition coefficient (Wildman–Crippen LogP) is 11.2. The molecule has 0 saturated heterocycles. The fourth-order valence-corrected chi connectivity index (χ4v) is 4.76. The lowest BCUT2D eigenvalue weighted by atomic mass is 10.1. The number of hydrogen-bond acceptors (Lipinski definition) is 4. The van der Waals surface area contributed by atoms with Crippen LogP contribution in [0.25, 0.3) is 0 Å². The number of nitrogens with two attached hydrogens (primary N) is 1. The Balaban J connectivity index is 0.000000309. The molecule has 0 fully saturated rings. The summed E-state index contributed by atoms with van der Waals surface area (Å²) < 4.78 is 7.67. The van der Waals surface area contributed by atoms with E-state index in [0.717, 1.165) is 28.4 Å². The second-order valence-electron chi connectivity index (χ2n) is 7.10. The molecule has 13 heteroatoms. The van der Waals surface area contributed by atoms with E-state index in [9.17, 15) is 9.59 Å². The van der Waals surface area contributed by atoms with Crippen LogP contribution in [0.1, 0.15) is 20.7 Å². The minimum atomic E-state index is -0.967. The molecular weight excluding hydrogens is 1120 g/mol. The molecule has 0 heterocycles. The van der Waals surface area contributed by atoms with E-state index in [0.29, 0.717) is 32.5 Å². The van der Waals surface area contributed by atoms with Crippen LogP contribution in [0.2, 0.25) is 0 Å². The first-order valence-corrected chi connectivity index (χ1v) is 22.7. The first-order chi connectivity index (χ1) is 18.9. The molecule has 0 aromatic heterocycles. The molecule has 6 nitrogen and oxygen atoms in total. The molecular formula is C27H21Br4I3N2O4. The van der Waals surface area contributed by atoms with Crippen LogP contribution in [0.4, 0.5) is 17.1 Å². The van der Waals surface area contributed by atoms with E-state index in [4.69, 9.17) is 15.9 Å². The molecule has 0 aliphatic rings. The number of para-hydroxylation sites is 3. The Hall–Kier alpha value is -0.600. The molecule has 5 N–H and O–H groups in total. The van der Waals surface area contributed by atoms with Gasteiger partial charge in [0, 0.05) is 27.1 Å². The number of nitrogen functional groups attached to an aromatic ring is 1. The van der Waals surface area contributed by atoms with Gasteiger partial charge in [-0.25, -0.2) is 9.59 Å². The summed E-state index contributed by atoms with van der Waals surface area (Å²) >= 11 is 17.9. The van der Waals surface area contributed by atoms with Gasteiger partial charge < -0.3 is 21.3 Å². The molecule has 0 aliphatic carbocycles. The van der Waals surface area contributed by atoms with E-state index >= 15 is 0 Å². The van der Waals surface area contributed by atoms with E-state index in [1.807, 2.05) is 77.2 Å². The summed E-state index contributed by atoms with van der Waals surface area (Å²) in [5, 5.41) is 20.9. The lowest BCUT2D eigenvalue weighted by Crippen LogP contribution is -2.03. The molecule has 0 radical (unpaired) electrons. The van der Waals surface area contributed by atoms with Crippen molar-refractivity contribution in [2.75, 3.05) is 11.1 Å². The van der Waals surface area contributed by atoms with E-state index in [1.165, 1.54) is 0 Å². The monoisotopic (exact) mass is 1130 g/mol. The third kappa shape index (κ3) is 13.1. The predicted molar refractivity (Wildman–Crippen MR) is 206 cm³/mol. The molecule has 212 valence electrons. The highest BCUT2D eigenvalue weighted by molar-refractivity contribution is 15.0. The van der Waals surface area contributed by atoms with Crippen LogP contribution in [0, 0.1) is 3.57 Å². The second-order valence-corrected chi connectivity index (χ2v) is 16.0. The Kier molecular flexibility index (Phi) is 19.0. The Morgan fingerprint density at radius 2 is 1.18 bits per heavy atom. The van der Waals surface area contributed by atoms with E-state index in [2.05, 4.69) is 92.2 Å². The van der Waals surface area contributed by atoms with Crippen LogP contribution in [0.5, 0.6) is 0 Å². The summed E-state index contributed by atoms with van der Waals surface area (Å²) in [4.78, 5) is 21.7. The van der Waals surface area contributed by atoms with Crippen molar-refractivity contribution in [3.05, 3.63) is 118 Å². The van der Waals surface area contributed by atoms with Gasteiger partial charge in [-0.05, 0) is 153 Å². The normalized spacial score (nSPS) is 9.45. The first-order valence-electron chi connectivity index (χ1n) is 10.6. The molecule has 0 bridgehead atoms. The van der Waals surface area contributed by atoms with Crippen LogP contribution < -0.4 is 11.1 Å². The molecule has 0 atom stereocenters. The van der Waals surface area contributed by atoms with Gasteiger partial charge in [-0.1, -0.05) is 57.7 Å². The van der Waals surface area contributed by atoms with Crippen molar-refractivity contribution in [3.63, 3.8) is 0 Å². The number of benzene rings is 4. The van der Waals surface area contributed by atoms with Gasteiger partial charge in [0.05, 0.1) is 22.5 Å². The zero-order valence-corrected chi connectivity index (χ0v) is 33.0. The summed E-state index contributed by atoms with van der Waals surface area (Å²) in [6.07, 6.45) is 0. The fraction of sp³-hybridized carbons (Fsp3) is 0. The van der Waals surface area contributed by atoms with Gasteiger partial charge in [0.25, 0.3) is 0 Å². The molecule has 4 rings (SSSR count). The lowest BCUT2D eigenvalue weighted by Gasteiger charge is -2.12. The highest BCUT2D eigenvalue weighted by Crippen LogP contribution is 2.32. The molecule has 0 saturated carbocycles. The van der Waals surface area contributed by atoms with Crippen LogP contribution in [0.3, 0.4) is 0 Å². The average molecular weight is 1140 g/mol. The third-order valence-electron chi connectivity index (χ3n) is 4.46. The average Bonchev–Trinajstić information content (AvgIpc) is 2.91. The van der Waals surface area contributed by atoms with Gasteiger partial charge >= 0.3 is 11.9 Å². The number of nitrogens with one attached hydrogen (secondary N) is 1. The maximum atomic E-state index is 11.2. The highest BCUT2D eigenvalue weighted by Gasteiger charge is 2.13. The quantitative estimate of drug-likeness (QED) is 0.120. The molecule has 0 amide bonds. The van der Waals surface area contributed by atoms with Crippen LogP contribution in [-0.4, -0.2) is 26.7 Å². The van der Waals surface area contributed by atoms with Crippen molar-refractivity contribution in [3.8, 4) is 0 Å². The summed E-state index contributed by atoms with van der Waals surface area (Å²) in [5.74, 6) is -1.86. The van der Waals surface area contributed by atoms with Crippen molar-refractivity contribution in [2.45, 2.75) is 0 Å². The minimum absolute atomic E-state index is 0.222. The van der Waals surface area contributed by atoms with Crippen molar-refractivity contribution < 1.29 is 19.8 Å². The fourth-order valence-electron chi connectivity index (χ4n) is 2.67. The van der Waals surface area contributed by atoms with Crippen molar-refractivity contribution >= 4 is 155 Å². The SMILES string of the molecule is C=II.Nc1ccccc1Br.O=C(O)c1cccc(Br)c1I.O=C(O)c1cccc(Br)c1Nc1ccccc1Br. The number of carboxylic acid groups (broad SMARTS) is 2. The van der Waals surface area contributed by atoms with Gasteiger partial charge in [-0.15, -0.1) is 0 Å². The van der Waals surface area contributed by atoms with Crippen LogP contribution in [0.15, 0.2) is 103 Å². The smallest absolute Gasteiger partial charge is 0.337 e. The Bertz CT molecular complexity index is 1440. The standard InChI is InChI=1S/C13H9Br2NO2.C7H4BrIO2.C6H6BrN.CH2I2/c14-9-5-1-2-7-11(9)16-12-8(13(17)18)4-3-6-10(12)15;8-5-3-1-2-4(6(5)9)7(10)11;7-5-3-1-2-4-6(5)8;1-3-2/h1-7,16H,(H,17,18);1-3H,(H,10,11);1-4H,8H2;1H2. The minimum Gasteiger partial charge on any atom is -0.478 e. The number of anilines is 3. The zero-order valence-electron chi connectivity index (χ0n) is 20.2. The molecule has 0 spiro atoms. The Labute approximate surface area is 299 Å². The lowest BCUT2D eigenvalue weighted by molar-refractivity contribution is 0.0686. The maximum Gasteiger partial charge on any atom is 0.337 e. The number of carbonyl (C=O) groups is 2. The zero-order chi connectivity index (χ0) is 30.2. The number of rotatable bonds is 4. The summed E-state index contributed by atoms with van der Waals surface area (Å²) in [6.45, 7) is 0. The van der Waals surface area contributed by atoms with Gasteiger partial charge in [0.1, 0.15) is 0 Å². The molecule has 4 aromatic carbocycles. The topological polar surface area (TPSA) is 113 Å². The van der Waals surface area contributed by atoms with Crippen molar-refractivity contribution in [2.24, 2.45) is 0 Å². The first kappa shape index (κ1) is 37.4. The summed E-state index contributed by atoms with van der Waals surface area (Å²) in [5.41, 5.74) is 8.16. The largest absolute Gasteiger partial charge is 0.478 e. The van der Waals surface area contributed by atoms with Gasteiger partial charge in [0.15, 0.2) is 0 Å². The summed E-state index contributed by atoms with van der Waals surface area (Å²) in [7, 11) is 0.